The second-order valence-corrected chi connectivity index (χ2v) is 7.41. The van der Waals surface area contributed by atoms with Crippen LogP contribution in [0.5, 0.6) is 17.2 Å². The van der Waals surface area contributed by atoms with Crippen LogP contribution in [-0.4, -0.2) is 38.9 Å². The Morgan fingerprint density at radius 1 is 1.06 bits per heavy atom. The van der Waals surface area contributed by atoms with E-state index in [-0.39, 0.29) is 5.43 Å². The molecular formula is C25H29NO7. The van der Waals surface area contributed by atoms with Crippen molar-refractivity contribution in [2.75, 3.05) is 32.9 Å². The minimum atomic E-state index is -1.32. The van der Waals surface area contributed by atoms with Crippen molar-refractivity contribution < 1.29 is 33.8 Å². The quantitative estimate of drug-likeness (QED) is 0.574. The Hall–Kier alpha value is -3.52. The van der Waals surface area contributed by atoms with E-state index in [0.717, 1.165) is 0 Å². The van der Waals surface area contributed by atoms with Crippen LogP contribution >= 0.6 is 0 Å². The van der Waals surface area contributed by atoms with Gasteiger partial charge in [-0.15, -0.1) is 0 Å². The third-order valence-corrected chi connectivity index (χ3v) is 5.11. The molecule has 0 fully saturated rings. The number of ether oxygens (including phenoxy) is 3. The fourth-order valence-corrected chi connectivity index (χ4v) is 3.45. The molecule has 1 aromatic heterocycles. The van der Waals surface area contributed by atoms with Crippen molar-refractivity contribution in [1.82, 2.24) is 0 Å². The summed E-state index contributed by atoms with van der Waals surface area (Å²) in [5.41, 5.74) is 1.89. The molecule has 0 unspecified atom stereocenters. The van der Waals surface area contributed by atoms with Crippen LogP contribution in [0.4, 0.5) is 0 Å². The van der Waals surface area contributed by atoms with Gasteiger partial charge >= 0.3 is 0 Å². The molecule has 0 saturated carbocycles. The minimum absolute atomic E-state index is 0.195. The number of carbonyl (C=O) groups is 1. The van der Waals surface area contributed by atoms with Crippen molar-refractivity contribution in [3.8, 4) is 28.4 Å². The average Bonchev–Trinajstić information content (AvgIpc) is 2.83. The molecule has 0 radical (unpaired) electrons. The number of quaternary nitrogens is 1. The van der Waals surface area contributed by atoms with Crippen LogP contribution in [0.1, 0.15) is 26.3 Å². The van der Waals surface area contributed by atoms with Crippen LogP contribution in [0.2, 0.25) is 0 Å². The van der Waals surface area contributed by atoms with E-state index in [0.29, 0.717) is 64.5 Å². The lowest BCUT2D eigenvalue weighted by atomic mass is 10.0. The van der Waals surface area contributed by atoms with Gasteiger partial charge in [-0.2, -0.15) is 0 Å². The highest BCUT2D eigenvalue weighted by Gasteiger charge is 2.17. The third kappa shape index (κ3) is 5.84. The number of carboxylic acid groups (broad SMARTS) is 1. The monoisotopic (exact) mass is 455 g/mol. The van der Waals surface area contributed by atoms with Gasteiger partial charge in [-0.25, -0.2) is 0 Å². The number of benzene rings is 2. The number of aryl methyl sites for hydroxylation is 1. The van der Waals surface area contributed by atoms with Crippen LogP contribution in [0, 0.1) is 0 Å². The van der Waals surface area contributed by atoms with Crippen LogP contribution in [-0.2, 0) is 11.2 Å². The SMILES string of the molecule is CC[NH2+]CC.CCc1cc2c(=O)c(-c3ccc4c(c3)OCCO4)coc2cc1OCC(=O)[O-]. The summed E-state index contributed by atoms with van der Waals surface area (Å²) in [6.07, 6.45) is 1.94. The van der Waals surface area contributed by atoms with Gasteiger partial charge in [0, 0.05) is 6.07 Å². The van der Waals surface area contributed by atoms with E-state index < -0.39 is 12.6 Å². The van der Waals surface area contributed by atoms with Crippen molar-refractivity contribution in [3.63, 3.8) is 0 Å². The van der Waals surface area contributed by atoms with Gasteiger partial charge in [0.05, 0.1) is 30.0 Å². The Kier molecular flexibility index (Phi) is 8.32. The second kappa shape index (κ2) is 11.4. The van der Waals surface area contributed by atoms with Gasteiger partial charge in [0.25, 0.3) is 0 Å². The lowest BCUT2D eigenvalue weighted by molar-refractivity contribution is -0.648. The molecule has 8 heteroatoms. The smallest absolute Gasteiger partial charge is 0.200 e. The highest BCUT2D eigenvalue weighted by molar-refractivity contribution is 5.84. The fraction of sp³-hybridized carbons (Fsp3) is 0.360. The summed E-state index contributed by atoms with van der Waals surface area (Å²) in [5.74, 6) is 0.263. The zero-order valence-electron chi connectivity index (χ0n) is 19.1. The van der Waals surface area contributed by atoms with E-state index in [1.54, 1.807) is 24.3 Å². The molecule has 0 bridgehead atoms. The number of carboxylic acids is 1. The van der Waals surface area contributed by atoms with Gasteiger partial charge in [0.15, 0.2) is 11.5 Å². The lowest BCUT2D eigenvalue weighted by Crippen LogP contribution is -2.82. The summed E-state index contributed by atoms with van der Waals surface area (Å²) < 4.78 is 22.0. The van der Waals surface area contributed by atoms with Gasteiger partial charge in [-0.1, -0.05) is 13.0 Å². The molecule has 0 spiro atoms. The molecule has 3 aromatic rings. The summed E-state index contributed by atoms with van der Waals surface area (Å²) in [7, 11) is 0. The Morgan fingerprint density at radius 2 is 1.79 bits per heavy atom. The van der Waals surface area contributed by atoms with Gasteiger partial charge in [-0.3, -0.25) is 4.79 Å². The molecule has 8 nitrogen and oxygen atoms in total. The number of fused-ring (bicyclic) bond motifs is 2. The van der Waals surface area contributed by atoms with Gasteiger partial charge in [-0.05, 0) is 49.6 Å². The zero-order chi connectivity index (χ0) is 23.8. The van der Waals surface area contributed by atoms with Crippen molar-refractivity contribution in [1.29, 1.82) is 0 Å². The zero-order valence-corrected chi connectivity index (χ0v) is 19.1. The Balaban J connectivity index is 0.000000555. The van der Waals surface area contributed by atoms with Crippen LogP contribution in [0.25, 0.3) is 22.1 Å². The number of carbonyl (C=O) groups excluding carboxylic acids is 1. The van der Waals surface area contributed by atoms with Gasteiger partial charge in [0.2, 0.25) is 5.43 Å². The Labute approximate surface area is 192 Å². The number of aliphatic carboxylic acids is 1. The number of hydrogen-bond acceptors (Lipinski definition) is 7. The van der Waals surface area contributed by atoms with E-state index in [9.17, 15) is 14.7 Å². The highest BCUT2D eigenvalue weighted by Crippen LogP contribution is 2.34. The van der Waals surface area contributed by atoms with Crippen LogP contribution < -0.4 is 30.1 Å². The molecule has 0 atom stereocenters. The minimum Gasteiger partial charge on any atom is -0.546 e. The van der Waals surface area contributed by atoms with Crippen molar-refractivity contribution in [3.05, 3.63) is 52.4 Å². The molecule has 2 aromatic carbocycles. The normalized spacial score (nSPS) is 12.1. The first-order valence-electron chi connectivity index (χ1n) is 11.1. The van der Waals surface area contributed by atoms with Crippen molar-refractivity contribution in [2.45, 2.75) is 27.2 Å². The molecule has 4 rings (SSSR count). The number of rotatable bonds is 7. The number of nitrogens with two attached hydrogens (primary N) is 1. The molecule has 0 saturated heterocycles. The number of hydrogen-bond donors (Lipinski definition) is 1. The predicted octanol–water partition coefficient (Wildman–Crippen LogP) is 1.51. The molecule has 1 aliphatic heterocycles. The van der Waals surface area contributed by atoms with Crippen LogP contribution in [0.15, 0.2) is 45.8 Å². The molecule has 176 valence electrons. The first-order chi connectivity index (χ1) is 16.0. The lowest BCUT2D eigenvalue weighted by Gasteiger charge is -2.18. The standard InChI is InChI=1S/C21H18O7.C4H11N/c1-2-12-7-14-18(9-17(12)28-11-20(22)23)27-10-15(21(14)24)13-3-4-16-19(8-13)26-6-5-25-16;1-3-5-4-2/h3-4,7-10H,2,5-6,11H2,1H3,(H,22,23);5H,3-4H2,1-2H3. The highest BCUT2D eigenvalue weighted by atomic mass is 16.6. The summed E-state index contributed by atoms with van der Waals surface area (Å²) >= 11 is 0. The van der Waals surface area contributed by atoms with Crippen LogP contribution in [0.3, 0.4) is 0 Å². The maximum absolute atomic E-state index is 13.1. The van der Waals surface area contributed by atoms with E-state index in [4.69, 9.17) is 18.6 Å². The molecule has 0 amide bonds. The largest absolute Gasteiger partial charge is 0.546 e. The molecular weight excluding hydrogens is 426 g/mol. The average molecular weight is 456 g/mol. The van der Waals surface area contributed by atoms with E-state index in [1.165, 1.54) is 25.4 Å². The summed E-state index contributed by atoms with van der Waals surface area (Å²) in [4.78, 5) is 23.7. The van der Waals surface area contributed by atoms with E-state index >= 15 is 0 Å². The van der Waals surface area contributed by atoms with E-state index in [2.05, 4.69) is 19.2 Å². The van der Waals surface area contributed by atoms with E-state index in [1.807, 2.05) is 6.92 Å². The summed E-state index contributed by atoms with van der Waals surface area (Å²) in [5, 5.41) is 13.3. The first-order valence-corrected chi connectivity index (χ1v) is 11.1. The molecule has 1 aliphatic rings. The topological polar surface area (TPSA) is 115 Å². The molecule has 0 aliphatic carbocycles. The van der Waals surface area contributed by atoms with Gasteiger partial charge in [0.1, 0.15) is 37.4 Å². The molecule has 2 N–H and O–H groups in total. The maximum atomic E-state index is 13.1. The van der Waals surface area contributed by atoms with Crippen molar-refractivity contribution >= 4 is 16.9 Å². The second-order valence-electron chi connectivity index (χ2n) is 7.41. The summed E-state index contributed by atoms with van der Waals surface area (Å²) in [6.45, 7) is 9.02. The summed E-state index contributed by atoms with van der Waals surface area (Å²) in [6, 6.07) is 8.51. The predicted molar refractivity (Wildman–Crippen MR) is 122 cm³/mol. The maximum Gasteiger partial charge on any atom is 0.200 e. The Bertz CT molecular complexity index is 1170. The Morgan fingerprint density at radius 3 is 2.42 bits per heavy atom. The molecule has 2 heterocycles. The van der Waals surface area contributed by atoms with Crippen molar-refractivity contribution in [2.24, 2.45) is 0 Å². The van der Waals surface area contributed by atoms with Gasteiger partial charge < -0.3 is 33.8 Å². The molecule has 33 heavy (non-hydrogen) atoms. The third-order valence-electron chi connectivity index (χ3n) is 5.11. The first kappa shape index (κ1) is 24.1. The fourth-order valence-electron chi connectivity index (χ4n) is 3.45.